The molecule has 2 heterocycles. The van der Waals surface area contributed by atoms with Gasteiger partial charge < -0.3 is 9.94 Å². The van der Waals surface area contributed by atoms with Gasteiger partial charge in [0.25, 0.3) is 0 Å². The molecule has 108 valence electrons. The van der Waals surface area contributed by atoms with Crippen molar-refractivity contribution in [3.05, 3.63) is 70.2 Å². The van der Waals surface area contributed by atoms with Crippen molar-refractivity contribution in [2.24, 2.45) is 5.41 Å². The molecule has 1 aliphatic rings. The maximum Gasteiger partial charge on any atom is 0.224 e. The van der Waals surface area contributed by atoms with Crippen molar-refractivity contribution in [3.63, 3.8) is 0 Å². The molecule has 4 heteroatoms. The fraction of sp³-hybridized carbons (Fsp3) is 0.235. The lowest BCUT2D eigenvalue weighted by Gasteiger charge is -2.18. The van der Waals surface area contributed by atoms with E-state index in [1.807, 2.05) is 24.3 Å². The Hall–Kier alpha value is -2.00. The number of hydrogen-bond donors (Lipinski definition) is 0. The molecule has 3 nitrogen and oxygen atoms in total. The number of pyridine rings is 1. The van der Waals surface area contributed by atoms with Crippen molar-refractivity contribution >= 4 is 17.2 Å². The van der Waals surface area contributed by atoms with Gasteiger partial charge in [-0.2, -0.15) is 4.73 Å². The van der Waals surface area contributed by atoms with E-state index in [-0.39, 0.29) is 5.41 Å². The zero-order valence-electron chi connectivity index (χ0n) is 12.0. The van der Waals surface area contributed by atoms with Gasteiger partial charge in [-0.3, -0.25) is 0 Å². The lowest BCUT2D eigenvalue weighted by Crippen LogP contribution is -2.30. The molecule has 0 saturated carbocycles. The average Bonchev–Trinajstić information content (AvgIpc) is 2.56. The van der Waals surface area contributed by atoms with E-state index in [2.05, 4.69) is 19.9 Å². The number of fused-ring (bicyclic) bond motifs is 1. The fourth-order valence-corrected chi connectivity index (χ4v) is 2.63. The summed E-state index contributed by atoms with van der Waals surface area (Å²) >= 11 is 6.13. The fourth-order valence-electron chi connectivity index (χ4n) is 2.46. The van der Waals surface area contributed by atoms with Crippen LogP contribution in [0.2, 0.25) is 5.02 Å². The SMILES string of the molecule is CC1(C)C=C(c2cccc[n+]2[O-])c2cc(Cl)ccc2OC1. The van der Waals surface area contributed by atoms with Crippen LogP contribution in [0.3, 0.4) is 0 Å². The van der Waals surface area contributed by atoms with Gasteiger partial charge in [-0.1, -0.05) is 31.5 Å². The Balaban J connectivity index is 2.27. The molecule has 3 rings (SSSR count). The van der Waals surface area contributed by atoms with E-state index >= 15 is 0 Å². The molecule has 0 amide bonds. The molecule has 0 fully saturated rings. The second-order valence-electron chi connectivity index (χ2n) is 5.89. The third-order valence-electron chi connectivity index (χ3n) is 3.47. The van der Waals surface area contributed by atoms with Crippen molar-refractivity contribution in [2.45, 2.75) is 13.8 Å². The highest BCUT2D eigenvalue weighted by molar-refractivity contribution is 6.30. The van der Waals surface area contributed by atoms with Gasteiger partial charge in [-0.25, -0.2) is 0 Å². The normalized spacial score (nSPS) is 16.4. The first-order valence-electron chi connectivity index (χ1n) is 6.80. The van der Waals surface area contributed by atoms with Gasteiger partial charge in [0.1, 0.15) is 5.75 Å². The predicted octanol–water partition coefficient (Wildman–Crippen LogP) is 3.82. The molecule has 0 aliphatic carbocycles. The Labute approximate surface area is 129 Å². The van der Waals surface area contributed by atoms with Crippen LogP contribution in [0, 0.1) is 10.6 Å². The van der Waals surface area contributed by atoms with Crippen LogP contribution in [0.4, 0.5) is 0 Å². The minimum atomic E-state index is -0.177. The summed E-state index contributed by atoms with van der Waals surface area (Å²) in [5.74, 6) is 0.750. The smallest absolute Gasteiger partial charge is 0.224 e. The summed E-state index contributed by atoms with van der Waals surface area (Å²) in [5, 5.41) is 12.8. The summed E-state index contributed by atoms with van der Waals surface area (Å²) in [6, 6.07) is 10.9. The molecule has 1 aromatic heterocycles. The molecule has 0 spiro atoms. The topological polar surface area (TPSA) is 36.2 Å². The molecule has 0 unspecified atom stereocenters. The highest BCUT2D eigenvalue weighted by atomic mass is 35.5. The Morgan fingerprint density at radius 2 is 2.05 bits per heavy atom. The van der Waals surface area contributed by atoms with Crippen LogP contribution in [0.25, 0.3) is 5.57 Å². The first kappa shape index (κ1) is 14.0. The Bertz CT molecular complexity index is 722. The minimum Gasteiger partial charge on any atom is -0.618 e. The summed E-state index contributed by atoms with van der Waals surface area (Å²) < 4.78 is 6.76. The highest BCUT2D eigenvalue weighted by Gasteiger charge is 2.27. The molecule has 1 aromatic carbocycles. The number of halogens is 1. The number of benzene rings is 1. The van der Waals surface area contributed by atoms with Crippen molar-refractivity contribution in [3.8, 4) is 5.75 Å². The van der Waals surface area contributed by atoms with Gasteiger partial charge in [-0.15, -0.1) is 0 Å². The number of nitrogens with zero attached hydrogens (tertiary/aromatic N) is 1. The summed E-state index contributed by atoms with van der Waals surface area (Å²) in [6.45, 7) is 4.72. The molecule has 0 radical (unpaired) electrons. The van der Waals surface area contributed by atoms with Crippen LogP contribution in [0.15, 0.2) is 48.7 Å². The lowest BCUT2D eigenvalue weighted by atomic mass is 9.89. The van der Waals surface area contributed by atoms with E-state index < -0.39 is 0 Å². The van der Waals surface area contributed by atoms with Crippen LogP contribution in [0.5, 0.6) is 5.75 Å². The maximum absolute atomic E-state index is 12.1. The van der Waals surface area contributed by atoms with Crippen LogP contribution >= 0.6 is 11.6 Å². The number of rotatable bonds is 1. The highest BCUT2D eigenvalue weighted by Crippen LogP contribution is 2.38. The predicted molar refractivity (Wildman–Crippen MR) is 83.2 cm³/mol. The van der Waals surface area contributed by atoms with Crippen molar-refractivity contribution in [1.82, 2.24) is 0 Å². The zero-order valence-corrected chi connectivity index (χ0v) is 12.7. The van der Waals surface area contributed by atoms with Gasteiger partial charge in [0.05, 0.1) is 12.2 Å². The monoisotopic (exact) mass is 301 g/mol. The number of aromatic nitrogens is 1. The molecule has 0 atom stereocenters. The zero-order chi connectivity index (χ0) is 15.0. The summed E-state index contributed by atoms with van der Waals surface area (Å²) in [5.41, 5.74) is 2.12. The molecular weight excluding hydrogens is 286 g/mol. The molecule has 0 bridgehead atoms. The Morgan fingerprint density at radius 1 is 1.24 bits per heavy atom. The van der Waals surface area contributed by atoms with Crippen LogP contribution in [-0.2, 0) is 0 Å². The molecule has 0 saturated heterocycles. The van der Waals surface area contributed by atoms with Crippen LogP contribution in [0.1, 0.15) is 25.1 Å². The van der Waals surface area contributed by atoms with E-state index in [4.69, 9.17) is 16.3 Å². The van der Waals surface area contributed by atoms with E-state index in [9.17, 15) is 5.21 Å². The molecule has 0 N–H and O–H groups in total. The summed E-state index contributed by atoms with van der Waals surface area (Å²) in [7, 11) is 0. The number of hydrogen-bond acceptors (Lipinski definition) is 2. The second kappa shape index (κ2) is 5.08. The van der Waals surface area contributed by atoms with Crippen LogP contribution < -0.4 is 9.47 Å². The van der Waals surface area contributed by atoms with E-state index in [0.717, 1.165) is 21.6 Å². The van der Waals surface area contributed by atoms with Gasteiger partial charge in [0.15, 0.2) is 6.20 Å². The quantitative estimate of drug-likeness (QED) is 0.593. The third-order valence-corrected chi connectivity index (χ3v) is 3.70. The maximum atomic E-state index is 12.1. The Kier molecular flexibility index (Phi) is 3.38. The van der Waals surface area contributed by atoms with Crippen LogP contribution in [-0.4, -0.2) is 6.61 Å². The third kappa shape index (κ3) is 2.74. The van der Waals surface area contributed by atoms with Crippen molar-refractivity contribution < 1.29 is 9.47 Å². The number of ether oxygens (including phenoxy) is 1. The first-order chi connectivity index (χ1) is 9.96. The van der Waals surface area contributed by atoms with Gasteiger partial charge in [-0.05, 0) is 24.3 Å². The molecule has 2 aromatic rings. The lowest BCUT2D eigenvalue weighted by molar-refractivity contribution is -0.607. The standard InChI is InChI=1S/C17H16ClNO2/c1-17(2)10-14(15-5-3-4-8-19(15)20)13-9-12(18)6-7-16(13)21-11-17/h3-10H,11H2,1-2H3. The van der Waals surface area contributed by atoms with E-state index in [1.165, 1.54) is 6.20 Å². The van der Waals surface area contributed by atoms with Crippen molar-refractivity contribution in [1.29, 1.82) is 0 Å². The molecule has 1 aliphatic heterocycles. The van der Waals surface area contributed by atoms with E-state index in [1.54, 1.807) is 12.1 Å². The van der Waals surface area contributed by atoms with E-state index in [0.29, 0.717) is 17.3 Å². The van der Waals surface area contributed by atoms with Gasteiger partial charge in [0.2, 0.25) is 5.69 Å². The minimum absolute atomic E-state index is 0.177. The van der Waals surface area contributed by atoms with Gasteiger partial charge >= 0.3 is 0 Å². The molecule has 21 heavy (non-hydrogen) atoms. The van der Waals surface area contributed by atoms with Crippen molar-refractivity contribution in [2.75, 3.05) is 6.61 Å². The molecular formula is C17H16ClNO2. The Morgan fingerprint density at radius 3 is 2.81 bits per heavy atom. The second-order valence-corrected chi connectivity index (χ2v) is 6.32. The largest absolute Gasteiger partial charge is 0.618 e. The first-order valence-corrected chi connectivity index (χ1v) is 7.18. The summed E-state index contributed by atoms with van der Waals surface area (Å²) in [6.07, 6.45) is 3.58. The summed E-state index contributed by atoms with van der Waals surface area (Å²) in [4.78, 5) is 0. The average molecular weight is 302 g/mol. The van der Waals surface area contributed by atoms with Gasteiger partial charge in [0, 0.05) is 28.1 Å².